The van der Waals surface area contributed by atoms with E-state index < -0.39 is 0 Å². The van der Waals surface area contributed by atoms with Crippen LogP contribution in [0, 0.1) is 5.92 Å². The van der Waals surface area contributed by atoms with Crippen LogP contribution >= 0.6 is 0 Å². The summed E-state index contributed by atoms with van der Waals surface area (Å²) in [5.41, 5.74) is 1.53. The quantitative estimate of drug-likeness (QED) is 0.522. The van der Waals surface area contributed by atoms with Gasteiger partial charge >= 0.3 is 0 Å². The minimum atomic E-state index is 1.03. The van der Waals surface area contributed by atoms with Crippen LogP contribution in [0.5, 0.6) is 0 Å². The number of hydrogen-bond donors (Lipinski definition) is 0. The summed E-state index contributed by atoms with van der Waals surface area (Å²) in [5.74, 6) is 1.03. The van der Waals surface area contributed by atoms with E-state index in [4.69, 9.17) is 0 Å². The first-order valence-corrected chi connectivity index (χ1v) is 4.11. The standard InChI is InChI=1S/C10H16/c1-3-4-5-9(2)8-10-6-7-10/h3-5,10H,6-8H2,1-2H3. The van der Waals surface area contributed by atoms with Gasteiger partial charge < -0.3 is 0 Å². The Bertz CT molecular complexity index is 147. The van der Waals surface area contributed by atoms with E-state index in [1.165, 1.54) is 24.8 Å². The molecular weight excluding hydrogens is 120 g/mol. The van der Waals surface area contributed by atoms with Gasteiger partial charge in [0.15, 0.2) is 0 Å². The Labute approximate surface area is 63.6 Å². The lowest BCUT2D eigenvalue weighted by molar-refractivity contribution is 0.820. The SMILES string of the molecule is CC=CC=C(C)CC1CC1. The van der Waals surface area contributed by atoms with Crippen molar-refractivity contribution in [2.24, 2.45) is 5.92 Å². The fraction of sp³-hybridized carbons (Fsp3) is 0.600. The summed E-state index contributed by atoms with van der Waals surface area (Å²) < 4.78 is 0. The fourth-order valence-electron chi connectivity index (χ4n) is 1.11. The Morgan fingerprint density at radius 3 is 2.70 bits per heavy atom. The van der Waals surface area contributed by atoms with Gasteiger partial charge in [-0.3, -0.25) is 0 Å². The van der Waals surface area contributed by atoms with E-state index in [0.717, 1.165) is 5.92 Å². The summed E-state index contributed by atoms with van der Waals surface area (Å²) >= 11 is 0. The highest BCUT2D eigenvalue weighted by Crippen LogP contribution is 2.34. The summed E-state index contributed by atoms with van der Waals surface area (Å²) in [7, 11) is 0. The van der Waals surface area contributed by atoms with Crippen LogP contribution in [0.15, 0.2) is 23.8 Å². The Kier molecular flexibility index (Phi) is 2.73. The topological polar surface area (TPSA) is 0 Å². The van der Waals surface area contributed by atoms with Gasteiger partial charge in [0.2, 0.25) is 0 Å². The molecule has 0 unspecified atom stereocenters. The van der Waals surface area contributed by atoms with Gasteiger partial charge in [0.25, 0.3) is 0 Å². The summed E-state index contributed by atoms with van der Waals surface area (Å²) in [6.07, 6.45) is 10.7. The molecule has 10 heavy (non-hydrogen) atoms. The van der Waals surface area contributed by atoms with Crippen molar-refractivity contribution < 1.29 is 0 Å². The highest BCUT2D eigenvalue weighted by atomic mass is 14.3. The van der Waals surface area contributed by atoms with E-state index in [2.05, 4.69) is 32.1 Å². The molecule has 0 bridgehead atoms. The van der Waals surface area contributed by atoms with Crippen LogP contribution in [0.2, 0.25) is 0 Å². The molecule has 1 saturated carbocycles. The van der Waals surface area contributed by atoms with E-state index in [-0.39, 0.29) is 0 Å². The molecule has 0 radical (unpaired) electrons. The van der Waals surface area contributed by atoms with Crippen LogP contribution in [0.1, 0.15) is 33.1 Å². The average molecular weight is 136 g/mol. The second-order valence-corrected chi connectivity index (χ2v) is 3.19. The summed E-state index contributed by atoms with van der Waals surface area (Å²) in [4.78, 5) is 0. The lowest BCUT2D eigenvalue weighted by atomic mass is 10.1. The maximum atomic E-state index is 2.22. The lowest BCUT2D eigenvalue weighted by Crippen LogP contribution is -1.77. The molecule has 0 atom stereocenters. The molecular formula is C10H16. The average Bonchev–Trinajstić information content (AvgIpc) is 2.67. The zero-order chi connectivity index (χ0) is 7.40. The molecule has 0 aromatic heterocycles. The van der Waals surface area contributed by atoms with Gasteiger partial charge in [-0.15, -0.1) is 0 Å². The molecule has 0 saturated heterocycles. The number of allylic oxidation sites excluding steroid dienone is 4. The number of hydrogen-bond acceptors (Lipinski definition) is 0. The van der Waals surface area contributed by atoms with Crippen molar-refractivity contribution in [2.75, 3.05) is 0 Å². The minimum Gasteiger partial charge on any atom is -0.0877 e. The summed E-state index contributed by atoms with van der Waals surface area (Å²) in [6, 6.07) is 0. The van der Waals surface area contributed by atoms with Crippen molar-refractivity contribution in [1.29, 1.82) is 0 Å². The first kappa shape index (κ1) is 7.59. The fourth-order valence-corrected chi connectivity index (χ4v) is 1.11. The zero-order valence-electron chi connectivity index (χ0n) is 6.93. The molecule has 0 N–H and O–H groups in total. The molecule has 0 spiro atoms. The van der Waals surface area contributed by atoms with Crippen molar-refractivity contribution in [3.05, 3.63) is 23.8 Å². The third-order valence-corrected chi connectivity index (χ3v) is 1.88. The highest BCUT2D eigenvalue weighted by Gasteiger charge is 2.20. The van der Waals surface area contributed by atoms with E-state index in [0.29, 0.717) is 0 Å². The third-order valence-electron chi connectivity index (χ3n) is 1.88. The normalized spacial score (nSPS) is 20.4. The molecule has 0 amide bonds. The third kappa shape index (κ3) is 2.86. The Morgan fingerprint density at radius 2 is 2.20 bits per heavy atom. The number of rotatable bonds is 3. The smallest absolute Gasteiger partial charge is 0.0291 e. The van der Waals surface area contributed by atoms with Crippen molar-refractivity contribution >= 4 is 0 Å². The van der Waals surface area contributed by atoms with Gasteiger partial charge in [0.1, 0.15) is 0 Å². The van der Waals surface area contributed by atoms with Crippen molar-refractivity contribution in [3.8, 4) is 0 Å². The Hall–Kier alpha value is -0.520. The van der Waals surface area contributed by atoms with Gasteiger partial charge in [-0.05, 0) is 39.0 Å². The van der Waals surface area contributed by atoms with E-state index in [1.807, 2.05) is 0 Å². The van der Waals surface area contributed by atoms with Crippen LogP contribution in [0.25, 0.3) is 0 Å². The van der Waals surface area contributed by atoms with Crippen LogP contribution in [-0.4, -0.2) is 0 Å². The maximum absolute atomic E-state index is 2.22. The zero-order valence-corrected chi connectivity index (χ0v) is 6.93. The van der Waals surface area contributed by atoms with Crippen LogP contribution in [0.3, 0.4) is 0 Å². The second-order valence-electron chi connectivity index (χ2n) is 3.19. The van der Waals surface area contributed by atoms with Gasteiger partial charge in [0.05, 0.1) is 0 Å². The molecule has 1 fully saturated rings. The first-order valence-electron chi connectivity index (χ1n) is 4.11. The molecule has 0 nitrogen and oxygen atoms in total. The van der Waals surface area contributed by atoms with Crippen molar-refractivity contribution in [2.45, 2.75) is 33.1 Å². The molecule has 1 aliphatic rings. The monoisotopic (exact) mass is 136 g/mol. The maximum Gasteiger partial charge on any atom is -0.0291 e. The van der Waals surface area contributed by atoms with Gasteiger partial charge in [0, 0.05) is 0 Å². The predicted octanol–water partition coefficient (Wildman–Crippen LogP) is 3.31. The molecule has 0 aromatic carbocycles. The van der Waals surface area contributed by atoms with Crippen LogP contribution in [0.4, 0.5) is 0 Å². The lowest BCUT2D eigenvalue weighted by Gasteiger charge is -1.94. The minimum absolute atomic E-state index is 1.03. The molecule has 1 rings (SSSR count). The Morgan fingerprint density at radius 1 is 1.50 bits per heavy atom. The van der Waals surface area contributed by atoms with Crippen LogP contribution < -0.4 is 0 Å². The van der Waals surface area contributed by atoms with Crippen molar-refractivity contribution in [3.63, 3.8) is 0 Å². The molecule has 0 heteroatoms. The summed E-state index contributed by atoms with van der Waals surface area (Å²) in [5, 5.41) is 0. The molecule has 0 aromatic rings. The van der Waals surface area contributed by atoms with E-state index in [9.17, 15) is 0 Å². The van der Waals surface area contributed by atoms with Gasteiger partial charge in [-0.2, -0.15) is 0 Å². The largest absolute Gasteiger partial charge is 0.0877 e. The highest BCUT2D eigenvalue weighted by molar-refractivity contribution is 5.11. The summed E-state index contributed by atoms with van der Waals surface area (Å²) in [6.45, 7) is 4.28. The first-order chi connectivity index (χ1) is 4.83. The predicted molar refractivity (Wildman–Crippen MR) is 45.9 cm³/mol. The van der Waals surface area contributed by atoms with Crippen LogP contribution in [-0.2, 0) is 0 Å². The van der Waals surface area contributed by atoms with E-state index in [1.54, 1.807) is 0 Å². The molecule has 0 heterocycles. The molecule has 1 aliphatic carbocycles. The van der Waals surface area contributed by atoms with Crippen molar-refractivity contribution in [1.82, 2.24) is 0 Å². The van der Waals surface area contributed by atoms with Gasteiger partial charge in [-0.1, -0.05) is 23.8 Å². The molecule has 56 valence electrons. The van der Waals surface area contributed by atoms with Gasteiger partial charge in [-0.25, -0.2) is 0 Å². The Balaban J connectivity index is 2.23. The van der Waals surface area contributed by atoms with E-state index >= 15 is 0 Å². The molecule has 0 aliphatic heterocycles. The second kappa shape index (κ2) is 3.60.